The van der Waals surface area contributed by atoms with E-state index in [4.69, 9.17) is 5.73 Å². The van der Waals surface area contributed by atoms with Crippen LogP contribution in [-0.4, -0.2) is 18.6 Å². The molecule has 0 aromatic carbocycles. The number of hydrogen-bond donors (Lipinski definition) is 1. The first-order valence-electron chi connectivity index (χ1n) is 3.73. The minimum absolute atomic E-state index is 0.148. The Labute approximate surface area is 67.9 Å². The van der Waals surface area contributed by atoms with Gasteiger partial charge in [0.15, 0.2) is 0 Å². The highest BCUT2D eigenvalue weighted by Crippen LogP contribution is 2.16. The molecule has 66 valence electrons. The Balaban J connectivity index is 3.87. The van der Waals surface area contributed by atoms with E-state index in [1.807, 2.05) is 20.8 Å². The number of esters is 1. The van der Waals surface area contributed by atoms with Gasteiger partial charge in [-0.05, 0) is 19.8 Å². The van der Waals surface area contributed by atoms with Crippen molar-refractivity contribution in [3.63, 3.8) is 0 Å². The molecule has 0 rings (SSSR count). The molecule has 0 aliphatic carbocycles. The van der Waals surface area contributed by atoms with Crippen molar-refractivity contribution in [3.8, 4) is 0 Å². The van der Waals surface area contributed by atoms with Crippen molar-refractivity contribution in [2.75, 3.05) is 7.11 Å². The molecule has 0 fully saturated rings. The summed E-state index contributed by atoms with van der Waals surface area (Å²) in [6, 6.07) is 0. The number of hydrogen-bond acceptors (Lipinski definition) is 3. The van der Waals surface area contributed by atoms with Gasteiger partial charge in [-0.3, -0.25) is 4.79 Å². The van der Waals surface area contributed by atoms with E-state index in [9.17, 15) is 4.79 Å². The standard InChI is InChI=1S/C8H17NO2/c1-6(8(2,3)9)5-7(10)11-4/h6H,5,9H2,1-4H3. The average Bonchev–Trinajstić information content (AvgIpc) is 1.85. The van der Waals surface area contributed by atoms with Gasteiger partial charge in [0.1, 0.15) is 0 Å². The summed E-state index contributed by atoms with van der Waals surface area (Å²) in [6.07, 6.45) is 0.389. The smallest absolute Gasteiger partial charge is 0.305 e. The van der Waals surface area contributed by atoms with Crippen molar-refractivity contribution in [1.82, 2.24) is 0 Å². The highest BCUT2D eigenvalue weighted by atomic mass is 16.5. The number of carbonyl (C=O) groups is 1. The van der Waals surface area contributed by atoms with Crippen LogP contribution in [0.3, 0.4) is 0 Å². The second-order valence-electron chi connectivity index (χ2n) is 3.50. The lowest BCUT2D eigenvalue weighted by Crippen LogP contribution is -2.40. The van der Waals surface area contributed by atoms with E-state index in [0.717, 1.165) is 0 Å². The van der Waals surface area contributed by atoms with E-state index in [2.05, 4.69) is 4.74 Å². The van der Waals surface area contributed by atoms with Crippen molar-refractivity contribution in [1.29, 1.82) is 0 Å². The second-order valence-corrected chi connectivity index (χ2v) is 3.50. The maximum atomic E-state index is 10.8. The maximum Gasteiger partial charge on any atom is 0.305 e. The summed E-state index contributed by atoms with van der Waals surface area (Å²) in [6.45, 7) is 5.75. The molecule has 0 aliphatic rings. The van der Waals surface area contributed by atoms with Crippen LogP contribution in [-0.2, 0) is 9.53 Å². The van der Waals surface area contributed by atoms with E-state index < -0.39 is 0 Å². The molecule has 0 heterocycles. The zero-order chi connectivity index (χ0) is 9.07. The molecule has 0 radical (unpaired) electrons. The number of ether oxygens (including phenoxy) is 1. The first-order chi connectivity index (χ1) is 4.88. The maximum absolute atomic E-state index is 10.8. The van der Waals surface area contributed by atoms with Crippen molar-refractivity contribution in [2.45, 2.75) is 32.7 Å². The van der Waals surface area contributed by atoms with Gasteiger partial charge < -0.3 is 10.5 Å². The molecule has 2 N–H and O–H groups in total. The Morgan fingerprint density at radius 1 is 1.64 bits per heavy atom. The Morgan fingerprint density at radius 2 is 2.09 bits per heavy atom. The summed E-state index contributed by atoms with van der Waals surface area (Å²) in [5, 5.41) is 0. The normalized spacial score (nSPS) is 14.3. The Kier molecular flexibility index (Phi) is 3.52. The summed E-state index contributed by atoms with van der Waals surface area (Å²) >= 11 is 0. The molecule has 3 heteroatoms. The van der Waals surface area contributed by atoms with Gasteiger partial charge in [0, 0.05) is 12.0 Å². The molecule has 3 nitrogen and oxygen atoms in total. The van der Waals surface area contributed by atoms with E-state index >= 15 is 0 Å². The number of nitrogens with two attached hydrogens (primary N) is 1. The van der Waals surface area contributed by atoms with Gasteiger partial charge in [-0.25, -0.2) is 0 Å². The topological polar surface area (TPSA) is 52.3 Å². The monoisotopic (exact) mass is 159 g/mol. The zero-order valence-electron chi connectivity index (χ0n) is 7.68. The molecule has 0 aromatic heterocycles. The highest BCUT2D eigenvalue weighted by Gasteiger charge is 2.23. The van der Waals surface area contributed by atoms with E-state index in [1.54, 1.807) is 0 Å². The zero-order valence-corrected chi connectivity index (χ0v) is 7.68. The van der Waals surface area contributed by atoms with Crippen molar-refractivity contribution < 1.29 is 9.53 Å². The second kappa shape index (κ2) is 3.72. The summed E-state index contributed by atoms with van der Waals surface area (Å²) < 4.78 is 4.52. The van der Waals surface area contributed by atoms with Crippen LogP contribution in [0, 0.1) is 5.92 Å². The number of carbonyl (C=O) groups excluding carboxylic acids is 1. The molecule has 11 heavy (non-hydrogen) atoms. The summed E-state index contributed by atoms with van der Waals surface area (Å²) in [5.74, 6) is -0.0500. The van der Waals surface area contributed by atoms with Gasteiger partial charge in [0.05, 0.1) is 7.11 Å². The molecule has 0 spiro atoms. The molecule has 0 saturated carbocycles. The van der Waals surface area contributed by atoms with Crippen LogP contribution < -0.4 is 5.73 Å². The lowest BCUT2D eigenvalue weighted by Gasteiger charge is -2.25. The third-order valence-electron chi connectivity index (χ3n) is 1.97. The van der Waals surface area contributed by atoms with Crippen molar-refractivity contribution in [2.24, 2.45) is 11.7 Å². The van der Waals surface area contributed by atoms with E-state index in [-0.39, 0.29) is 17.4 Å². The van der Waals surface area contributed by atoms with Gasteiger partial charge in [-0.2, -0.15) is 0 Å². The van der Waals surface area contributed by atoms with Crippen molar-refractivity contribution in [3.05, 3.63) is 0 Å². The van der Waals surface area contributed by atoms with Crippen molar-refractivity contribution >= 4 is 5.97 Å². The molecule has 0 amide bonds. The van der Waals surface area contributed by atoms with Gasteiger partial charge in [-0.15, -0.1) is 0 Å². The molecule has 1 atom stereocenters. The number of rotatable bonds is 3. The van der Waals surface area contributed by atoms with E-state index in [1.165, 1.54) is 7.11 Å². The first-order valence-corrected chi connectivity index (χ1v) is 3.73. The quantitative estimate of drug-likeness (QED) is 0.623. The summed E-state index contributed by atoms with van der Waals surface area (Å²) in [5.41, 5.74) is 5.46. The molecular formula is C8H17NO2. The molecule has 1 unspecified atom stereocenters. The van der Waals surface area contributed by atoms with Crippen LogP contribution in [0.15, 0.2) is 0 Å². The third-order valence-corrected chi connectivity index (χ3v) is 1.97. The third kappa shape index (κ3) is 3.98. The molecular weight excluding hydrogens is 142 g/mol. The highest BCUT2D eigenvalue weighted by molar-refractivity contribution is 5.69. The lowest BCUT2D eigenvalue weighted by molar-refractivity contribution is -0.142. The number of methoxy groups -OCH3 is 1. The van der Waals surface area contributed by atoms with E-state index in [0.29, 0.717) is 6.42 Å². The fourth-order valence-electron chi connectivity index (χ4n) is 0.596. The van der Waals surface area contributed by atoms with Crippen LogP contribution in [0.5, 0.6) is 0 Å². The largest absolute Gasteiger partial charge is 0.469 e. The Bertz CT molecular complexity index is 138. The SMILES string of the molecule is COC(=O)CC(C)C(C)(C)N. The minimum Gasteiger partial charge on any atom is -0.469 e. The van der Waals surface area contributed by atoms with Gasteiger partial charge >= 0.3 is 5.97 Å². The predicted octanol–water partition coefficient (Wildman–Crippen LogP) is 0.923. The van der Waals surface area contributed by atoms with Gasteiger partial charge in [0.2, 0.25) is 0 Å². The van der Waals surface area contributed by atoms with Gasteiger partial charge in [-0.1, -0.05) is 6.92 Å². The minimum atomic E-state index is -0.311. The predicted molar refractivity (Wildman–Crippen MR) is 44.1 cm³/mol. The van der Waals surface area contributed by atoms with Crippen LogP contribution in [0.25, 0.3) is 0 Å². The molecule has 0 aliphatic heterocycles. The Morgan fingerprint density at radius 3 is 2.36 bits per heavy atom. The first kappa shape index (κ1) is 10.4. The van der Waals surface area contributed by atoms with Crippen LogP contribution in [0.1, 0.15) is 27.2 Å². The average molecular weight is 159 g/mol. The van der Waals surface area contributed by atoms with Gasteiger partial charge in [0.25, 0.3) is 0 Å². The summed E-state index contributed by atoms with van der Waals surface area (Å²) in [7, 11) is 1.39. The lowest BCUT2D eigenvalue weighted by atomic mass is 9.88. The van der Waals surface area contributed by atoms with Crippen LogP contribution >= 0.6 is 0 Å². The summed E-state index contributed by atoms with van der Waals surface area (Å²) in [4.78, 5) is 10.8. The molecule has 0 saturated heterocycles. The Hall–Kier alpha value is -0.570. The fraction of sp³-hybridized carbons (Fsp3) is 0.875. The van der Waals surface area contributed by atoms with Crippen LogP contribution in [0.4, 0.5) is 0 Å². The fourth-order valence-corrected chi connectivity index (χ4v) is 0.596. The molecule has 0 bridgehead atoms. The molecule has 0 aromatic rings. The van der Waals surface area contributed by atoms with Crippen LogP contribution in [0.2, 0.25) is 0 Å².